The van der Waals surface area contributed by atoms with E-state index in [2.05, 4.69) is 30.4 Å². The van der Waals surface area contributed by atoms with E-state index in [1.807, 2.05) is 24.3 Å². The molecule has 3 rings (SSSR count). The first-order valence-electron chi connectivity index (χ1n) is 6.55. The van der Waals surface area contributed by atoms with Gasteiger partial charge in [-0.2, -0.15) is 4.98 Å². The van der Waals surface area contributed by atoms with Crippen LogP contribution >= 0.6 is 0 Å². The van der Waals surface area contributed by atoms with E-state index in [0.29, 0.717) is 6.54 Å². The van der Waals surface area contributed by atoms with Gasteiger partial charge in [0.15, 0.2) is 11.5 Å². The second-order valence-electron chi connectivity index (χ2n) is 4.45. The highest BCUT2D eigenvalue weighted by Crippen LogP contribution is 2.19. The van der Waals surface area contributed by atoms with Crippen LogP contribution < -0.4 is 15.8 Å². The summed E-state index contributed by atoms with van der Waals surface area (Å²) in [6.07, 6.45) is 0.801. The summed E-state index contributed by atoms with van der Waals surface area (Å²) in [7, 11) is 1.64. The summed E-state index contributed by atoms with van der Waals surface area (Å²) < 4.78 is 14.7. The molecule has 22 heavy (non-hydrogen) atoms. The number of anilines is 2. The van der Waals surface area contributed by atoms with Gasteiger partial charge >= 0.3 is 6.01 Å². The van der Waals surface area contributed by atoms with Gasteiger partial charge in [-0.15, -0.1) is 0 Å². The van der Waals surface area contributed by atoms with E-state index in [9.17, 15) is 0 Å². The highest BCUT2D eigenvalue weighted by atomic mass is 16.6. The third kappa shape index (κ3) is 2.97. The van der Waals surface area contributed by atoms with Crippen LogP contribution in [0.2, 0.25) is 0 Å². The van der Waals surface area contributed by atoms with Crippen molar-refractivity contribution in [3.63, 3.8) is 0 Å². The van der Waals surface area contributed by atoms with Crippen molar-refractivity contribution in [2.24, 2.45) is 0 Å². The molecule has 0 atom stereocenters. The Morgan fingerprint density at radius 2 is 2.00 bits per heavy atom. The zero-order valence-corrected chi connectivity index (χ0v) is 11.8. The minimum absolute atomic E-state index is 0.116. The Bertz CT molecular complexity index is 736. The molecule has 3 N–H and O–H groups in total. The molecule has 0 saturated heterocycles. The maximum absolute atomic E-state index is 5.56. The van der Waals surface area contributed by atoms with Crippen molar-refractivity contribution in [1.29, 1.82) is 0 Å². The van der Waals surface area contributed by atoms with Gasteiger partial charge in [0.25, 0.3) is 0 Å². The van der Waals surface area contributed by atoms with Crippen LogP contribution in [0.4, 0.5) is 11.8 Å². The molecule has 0 amide bonds. The van der Waals surface area contributed by atoms with E-state index >= 15 is 0 Å². The van der Waals surface area contributed by atoms with Gasteiger partial charge in [-0.1, -0.05) is 17.3 Å². The highest BCUT2D eigenvalue weighted by Gasteiger charge is 2.16. The highest BCUT2D eigenvalue weighted by molar-refractivity contribution is 5.62. The molecule has 9 nitrogen and oxygen atoms in total. The van der Waals surface area contributed by atoms with Gasteiger partial charge in [-0.25, -0.2) is 4.63 Å². The minimum Gasteiger partial charge on any atom is -0.497 e. The summed E-state index contributed by atoms with van der Waals surface area (Å²) in [6, 6.07) is 8.12. The van der Waals surface area contributed by atoms with Crippen molar-refractivity contribution in [2.75, 3.05) is 24.7 Å². The Morgan fingerprint density at radius 3 is 2.68 bits per heavy atom. The second kappa shape index (κ2) is 6.12. The molecule has 3 aromatic rings. The first-order valence-corrected chi connectivity index (χ1v) is 6.55. The first kappa shape index (κ1) is 13.9. The third-order valence-electron chi connectivity index (χ3n) is 3.00. The molecule has 114 valence electrons. The van der Waals surface area contributed by atoms with Crippen molar-refractivity contribution >= 4 is 11.8 Å². The molecule has 0 spiro atoms. The average Bonchev–Trinajstić information content (AvgIpc) is 3.17. The molecule has 0 aliphatic rings. The maximum Gasteiger partial charge on any atom is 0.321 e. The lowest BCUT2D eigenvalue weighted by Crippen LogP contribution is -2.05. The molecule has 0 fully saturated rings. The molecule has 2 aromatic heterocycles. The maximum atomic E-state index is 5.56. The van der Waals surface area contributed by atoms with Crippen LogP contribution in [0.3, 0.4) is 0 Å². The SMILES string of the molecule is COc1ccc(CCNc2nc(-c3nonc3N)no2)cc1. The molecule has 1 aromatic carbocycles. The number of nitrogens with one attached hydrogen (secondary N) is 1. The smallest absolute Gasteiger partial charge is 0.321 e. The lowest BCUT2D eigenvalue weighted by atomic mass is 10.1. The summed E-state index contributed by atoms with van der Waals surface area (Å²) in [5, 5.41) is 13.9. The molecule has 0 bridgehead atoms. The van der Waals surface area contributed by atoms with Crippen LogP contribution in [-0.4, -0.2) is 34.1 Å². The zero-order valence-electron chi connectivity index (χ0n) is 11.8. The summed E-state index contributed by atoms with van der Waals surface area (Å²) in [5.41, 5.74) is 6.98. The number of methoxy groups -OCH3 is 1. The average molecular weight is 302 g/mol. The van der Waals surface area contributed by atoms with Crippen molar-refractivity contribution in [3.8, 4) is 17.3 Å². The van der Waals surface area contributed by atoms with E-state index < -0.39 is 0 Å². The van der Waals surface area contributed by atoms with E-state index in [4.69, 9.17) is 15.0 Å². The summed E-state index contributed by atoms with van der Waals surface area (Å²) >= 11 is 0. The predicted molar refractivity (Wildman–Crippen MR) is 77.2 cm³/mol. The molecule has 0 saturated carbocycles. The Balaban J connectivity index is 1.56. The fourth-order valence-corrected chi connectivity index (χ4v) is 1.85. The number of hydrogen-bond acceptors (Lipinski definition) is 9. The standard InChI is InChI=1S/C13H14N6O3/c1-20-9-4-2-8(3-5-9)6-7-15-13-16-12(19-21-13)10-11(14)18-22-17-10/h2-5H,6-7H2,1H3,(H2,14,18)(H,15,16,19). The molecule has 9 heteroatoms. The first-order chi connectivity index (χ1) is 10.8. The Kier molecular flexibility index (Phi) is 3.86. The largest absolute Gasteiger partial charge is 0.497 e. The minimum atomic E-state index is 0.116. The van der Waals surface area contributed by atoms with Crippen molar-refractivity contribution in [1.82, 2.24) is 20.5 Å². The topological polar surface area (TPSA) is 125 Å². The van der Waals surface area contributed by atoms with Crippen molar-refractivity contribution in [3.05, 3.63) is 29.8 Å². The molecule has 0 radical (unpaired) electrons. The summed E-state index contributed by atoms with van der Waals surface area (Å²) in [4.78, 5) is 4.12. The monoisotopic (exact) mass is 302 g/mol. The zero-order chi connectivity index (χ0) is 15.4. The molecular weight excluding hydrogens is 288 g/mol. The number of hydrogen-bond donors (Lipinski definition) is 2. The Labute approximate surface area is 125 Å². The number of nitrogens with zero attached hydrogens (tertiary/aromatic N) is 4. The van der Waals surface area contributed by atoms with Gasteiger partial charge in [0.1, 0.15) is 5.75 Å². The van der Waals surface area contributed by atoms with Crippen molar-refractivity contribution in [2.45, 2.75) is 6.42 Å². The van der Waals surface area contributed by atoms with Crippen LogP contribution in [0, 0.1) is 0 Å². The molecule has 0 unspecified atom stereocenters. The quantitative estimate of drug-likeness (QED) is 0.694. The van der Waals surface area contributed by atoms with Gasteiger partial charge in [0.05, 0.1) is 7.11 Å². The number of aromatic nitrogens is 4. The lowest BCUT2D eigenvalue weighted by molar-refractivity contribution is 0.310. The normalized spacial score (nSPS) is 10.6. The Morgan fingerprint density at radius 1 is 1.18 bits per heavy atom. The van der Waals surface area contributed by atoms with E-state index in [-0.39, 0.29) is 23.4 Å². The van der Waals surface area contributed by atoms with Crippen LogP contribution in [0.1, 0.15) is 5.56 Å². The van der Waals surface area contributed by atoms with Gasteiger partial charge in [0, 0.05) is 6.54 Å². The van der Waals surface area contributed by atoms with Crippen LogP contribution in [0.5, 0.6) is 5.75 Å². The molecule has 2 heterocycles. The van der Waals surface area contributed by atoms with Gasteiger partial charge in [0.2, 0.25) is 5.82 Å². The molecular formula is C13H14N6O3. The second-order valence-corrected chi connectivity index (χ2v) is 4.45. The number of rotatable bonds is 6. The van der Waals surface area contributed by atoms with Gasteiger partial charge < -0.3 is 20.3 Å². The van der Waals surface area contributed by atoms with E-state index in [0.717, 1.165) is 17.7 Å². The summed E-state index contributed by atoms with van der Waals surface area (Å²) in [6.45, 7) is 0.639. The van der Waals surface area contributed by atoms with Crippen LogP contribution in [-0.2, 0) is 6.42 Å². The van der Waals surface area contributed by atoms with E-state index in [1.54, 1.807) is 7.11 Å². The molecule has 0 aliphatic heterocycles. The number of nitrogens with two attached hydrogens (primary N) is 1. The number of nitrogen functional groups attached to an aromatic ring is 1. The predicted octanol–water partition coefficient (Wildman–Crippen LogP) is 1.36. The molecule has 0 aliphatic carbocycles. The number of benzene rings is 1. The lowest BCUT2D eigenvalue weighted by Gasteiger charge is -2.03. The van der Waals surface area contributed by atoms with Crippen LogP contribution in [0.15, 0.2) is 33.4 Å². The Hall–Kier alpha value is -3.10. The fraction of sp³-hybridized carbons (Fsp3) is 0.231. The third-order valence-corrected chi connectivity index (χ3v) is 3.00. The van der Waals surface area contributed by atoms with Gasteiger partial charge in [-0.05, 0) is 34.4 Å². The van der Waals surface area contributed by atoms with E-state index in [1.165, 1.54) is 0 Å². The number of ether oxygens (including phenoxy) is 1. The van der Waals surface area contributed by atoms with Crippen molar-refractivity contribution < 1.29 is 13.9 Å². The van der Waals surface area contributed by atoms with Crippen LogP contribution in [0.25, 0.3) is 11.5 Å². The fourth-order valence-electron chi connectivity index (χ4n) is 1.85. The van der Waals surface area contributed by atoms with Gasteiger partial charge in [-0.3, -0.25) is 0 Å². The summed E-state index contributed by atoms with van der Waals surface area (Å²) in [5.74, 6) is 1.17.